The molecular weight excluding hydrogens is 282 g/mol. The maximum absolute atomic E-state index is 12.6. The van der Waals surface area contributed by atoms with Crippen molar-refractivity contribution in [3.63, 3.8) is 0 Å². The number of allylic oxidation sites excluding steroid dienone is 1. The lowest BCUT2D eigenvalue weighted by Gasteiger charge is -2.27. The van der Waals surface area contributed by atoms with E-state index in [-0.39, 0.29) is 24.3 Å². The quantitative estimate of drug-likeness (QED) is 0.837. The molecule has 0 spiro atoms. The Hall–Kier alpha value is -1.98. The number of ketones is 1. The molecule has 0 aliphatic carbocycles. The van der Waals surface area contributed by atoms with Crippen molar-refractivity contribution in [2.75, 3.05) is 13.7 Å². The third-order valence-corrected chi connectivity index (χ3v) is 3.71. The number of methoxy groups -OCH3 is 1. The van der Waals surface area contributed by atoms with Crippen LogP contribution in [0.1, 0.15) is 18.9 Å². The van der Waals surface area contributed by atoms with Crippen LogP contribution in [0.2, 0.25) is 0 Å². The largest absolute Gasteiger partial charge is 0.484 e. The van der Waals surface area contributed by atoms with Crippen molar-refractivity contribution < 1.29 is 19.4 Å². The predicted molar refractivity (Wildman–Crippen MR) is 83.4 cm³/mol. The number of benzene rings is 1. The molecular formula is C17H21NO4. The zero-order valence-electron chi connectivity index (χ0n) is 12.9. The number of aliphatic hydroxyl groups is 1. The fourth-order valence-corrected chi connectivity index (χ4v) is 2.49. The average molecular weight is 303 g/mol. The van der Waals surface area contributed by atoms with E-state index in [1.807, 2.05) is 37.3 Å². The van der Waals surface area contributed by atoms with E-state index in [0.29, 0.717) is 18.7 Å². The Labute approximate surface area is 130 Å². The van der Waals surface area contributed by atoms with E-state index >= 15 is 0 Å². The fraction of sp³-hybridized carbons (Fsp3) is 0.412. The van der Waals surface area contributed by atoms with Gasteiger partial charge in [-0.15, -0.1) is 0 Å². The maximum atomic E-state index is 12.6. The molecule has 5 nitrogen and oxygen atoms in total. The monoisotopic (exact) mass is 303 g/mol. The summed E-state index contributed by atoms with van der Waals surface area (Å²) in [5.74, 6) is -0.569. The average Bonchev–Trinajstić information content (AvgIpc) is 2.57. The summed E-state index contributed by atoms with van der Waals surface area (Å²) in [5, 5.41) is 9.40. The van der Waals surface area contributed by atoms with E-state index in [1.54, 1.807) is 7.11 Å². The van der Waals surface area contributed by atoms with Crippen LogP contribution in [0.15, 0.2) is 47.3 Å². The maximum Gasteiger partial charge on any atom is 0.210 e. The minimum Gasteiger partial charge on any atom is -0.484 e. The van der Waals surface area contributed by atoms with E-state index < -0.39 is 5.92 Å². The zero-order valence-corrected chi connectivity index (χ0v) is 12.9. The van der Waals surface area contributed by atoms with E-state index in [1.165, 1.54) is 6.20 Å². The lowest BCUT2D eigenvalue weighted by molar-refractivity contribution is -0.124. The van der Waals surface area contributed by atoms with Gasteiger partial charge >= 0.3 is 0 Å². The van der Waals surface area contributed by atoms with Gasteiger partial charge in [0.1, 0.15) is 6.61 Å². The van der Waals surface area contributed by atoms with Gasteiger partial charge in [-0.2, -0.15) is 0 Å². The first-order valence-corrected chi connectivity index (χ1v) is 7.32. The Kier molecular flexibility index (Phi) is 5.86. The lowest BCUT2D eigenvalue weighted by atomic mass is 9.88. The summed E-state index contributed by atoms with van der Waals surface area (Å²) in [6.07, 6.45) is 1.72. The molecule has 118 valence electrons. The van der Waals surface area contributed by atoms with Gasteiger partial charge in [-0.05, 0) is 12.0 Å². The molecule has 5 heteroatoms. The summed E-state index contributed by atoms with van der Waals surface area (Å²) in [7, 11) is 1.55. The molecule has 1 heterocycles. The molecule has 0 amide bonds. The van der Waals surface area contributed by atoms with Gasteiger partial charge in [0.2, 0.25) is 5.78 Å². The van der Waals surface area contributed by atoms with Crippen molar-refractivity contribution in [2.45, 2.75) is 26.1 Å². The van der Waals surface area contributed by atoms with E-state index in [4.69, 9.17) is 9.47 Å². The molecule has 1 aromatic rings. The summed E-state index contributed by atoms with van der Waals surface area (Å²) in [6.45, 7) is 1.97. The predicted octanol–water partition coefficient (Wildman–Crippen LogP) is 2.10. The van der Waals surface area contributed by atoms with Gasteiger partial charge in [-0.3, -0.25) is 9.79 Å². The highest BCUT2D eigenvalue weighted by molar-refractivity contribution is 6.14. The molecule has 2 atom stereocenters. The molecule has 1 aliphatic rings. The minimum atomic E-state index is -0.587. The topological polar surface area (TPSA) is 68.1 Å². The standard InChI is InChI=1S/C17H21NO4/c1-3-14(21-2)16-13(10-19)18-9-15(17(16)20)22-11-12-7-5-4-6-8-12/h4-9,14,16,19H,3,10-11H2,1-2H3. The third-order valence-electron chi connectivity index (χ3n) is 3.71. The Balaban J connectivity index is 2.13. The Morgan fingerprint density at radius 2 is 2.05 bits per heavy atom. The third kappa shape index (κ3) is 3.61. The highest BCUT2D eigenvalue weighted by Gasteiger charge is 2.36. The smallest absolute Gasteiger partial charge is 0.210 e. The van der Waals surface area contributed by atoms with Gasteiger partial charge in [-0.25, -0.2) is 0 Å². The van der Waals surface area contributed by atoms with Crippen LogP contribution >= 0.6 is 0 Å². The van der Waals surface area contributed by atoms with Gasteiger partial charge in [-0.1, -0.05) is 37.3 Å². The molecule has 0 radical (unpaired) electrons. The molecule has 2 unspecified atom stereocenters. The van der Waals surface area contributed by atoms with Crippen molar-refractivity contribution in [2.24, 2.45) is 10.9 Å². The highest BCUT2D eigenvalue weighted by atomic mass is 16.5. The number of hydrogen-bond donors (Lipinski definition) is 1. The number of Topliss-reactive ketones (excluding diaryl/α,β-unsaturated/α-hetero) is 1. The van der Waals surface area contributed by atoms with E-state index in [0.717, 1.165) is 5.56 Å². The zero-order chi connectivity index (χ0) is 15.9. The number of aliphatic imine (C=N–C) groups is 1. The number of aliphatic hydroxyl groups excluding tert-OH is 1. The second-order valence-electron chi connectivity index (χ2n) is 5.07. The summed E-state index contributed by atoms with van der Waals surface area (Å²) in [6, 6.07) is 9.61. The first-order valence-electron chi connectivity index (χ1n) is 7.32. The molecule has 0 saturated carbocycles. The van der Waals surface area contributed by atoms with Crippen molar-refractivity contribution in [3.8, 4) is 0 Å². The van der Waals surface area contributed by atoms with Gasteiger partial charge in [0.05, 0.1) is 30.5 Å². The summed E-state index contributed by atoms with van der Waals surface area (Å²) < 4.78 is 11.0. The number of ether oxygens (including phenoxy) is 2. The molecule has 0 fully saturated rings. The van der Waals surface area contributed by atoms with E-state index in [9.17, 15) is 9.90 Å². The van der Waals surface area contributed by atoms with Crippen molar-refractivity contribution >= 4 is 11.5 Å². The second kappa shape index (κ2) is 7.87. The fourth-order valence-electron chi connectivity index (χ4n) is 2.49. The van der Waals surface area contributed by atoms with Crippen molar-refractivity contribution in [3.05, 3.63) is 47.9 Å². The number of carbonyl (C=O) groups excluding carboxylic acids is 1. The molecule has 1 aromatic carbocycles. The summed E-state index contributed by atoms with van der Waals surface area (Å²) in [4.78, 5) is 16.8. The van der Waals surface area contributed by atoms with E-state index in [2.05, 4.69) is 4.99 Å². The number of hydrogen-bond acceptors (Lipinski definition) is 5. The molecule has 0 saturated heterocycles. The molecule has 1 aliphatic heterocycles. The number of nitrogens with zero attached hydrogens (tertiary/aromatic N) is 1. The number of carbonyl (C=O) groups is 1. The summed E-state index contributed by atoms with van der Waals surface area (Å²) >= 11 is 0. The Morgan fingerprint density at radius 3 is 2.64 bits per heavy atom. The Bertz CT molecular complexity index is 561. The number of rotatable bonds is 7. The first kappa shape index (κ1) is 16.4. The molecule has 22 heavy (non-hydrogen) atoms. The van der Waals surface area contributed by atoms with Crippen LogP contribution in [0.5, 0.6) is 0 Å². The van der Waals surface area contributed by atoms with Crippen LogP contribution in [0.3, 0.4) is 0 Å². The molecule has 2 rings (SSSR count). The molecule has 0 aromatic heterocycles. The molecule has 0 bridgehead atoms. The van der Waals surface area contributed by atoms with Crippen LogP contribution in [0.25, 0.3) is 0 Å². The van der Waals surface area contributed by atoms with Gasteiger partial charge in [0, 0.05) is 7.11 Å². The second-order valence-corrected chi connectivity index (χ2v) is 5.07. The Morgan fingerprint density at radius 1 is 1.32 bits per heavy atom. The van der Waals surface area contributed by atoms with Crippen LogP contribution in [0, 0.1) is 5.92 Å². The summed E-state index contributed by atoms with van der Waals surface area (Å²) in [5.41, 5.74) is 1.40. The highest BCUT2D eigenvalue weighted by Crippen LogP contribution is 2.24. The van der Waals surface area contributed by atoms with Gasteiger partial charge in [0.25, 0.3) is 0 Å². The van der Waals surface area contributed by atoms with Gasteiger partial charge in [0.15, 0.2) is 5.76 Å². The van der Waals surface area contributed by atoms with Crippen LogP contribution in [-0.2, 0) is 20.9 Å². The van der Waals surface area contributed by atoms with Crippen LogP contribution < -0.4 is 0 Å². The minimum absolute atomic E-state index is 0.191. The van der Waals surface area contributed by atoms with Crippen molar-refractivity contribution in [1.82, 2.24) is 0 Å². The SMILES string of the molecule is CCC(OC)C1C(=O)C(OCc2ccccc2)=CN=C1CO. The van der Waals surface area contributed by atoms with Gasteiger partial charge < -0.3 is 14.6 Å². The molecule has 1 N–H and O–H groups in total. The van der Waals surface area contributed by atoms with Crippen molar-refractivity contribution in [1.29, 1.82) is 0 Å². The lowest BCUT2D eigenvalue weighted by Crippen LogP contribution is -2.40. The van der Waals surface area contributed by atoms with Crippen LogP contribution in [0.4, 0.5) is 0 Å². The normalized spacial score (nSPS) is 19.4. The first-order chi connectivity index (χ1) is 10.7. The van der Waals surface area contributed by atoms with Crippen LogP contribution in [-0.4, -0.2) is 36.4 Å².